The summed E-state index contributed by atoms with van der Waals surface area (Å²) in [5.41, 5.74) is 7.93. The molecule has 1 unspecified atom stereocenters. The fourth-order valence-corrected chi connectivity index (χ4v) is 4.23. The molecule has 10 heteroatoms. The number of hydrogen-bond acceptors (Lipinski definition) is 6. The Bertz CT molecular complexity index is 1310. The van der Waals surface area contributed by atoms with Gasteiger partial charge < -0.3 is 21.8 Å². The summed E-state index contributed by atoms with van der Waals surface area (Å²) in [6.07, 6.45) is 6.26. The lowest BCUT2D eigenvalue weighted by atomic mass is 10.1. The van der Waals surface area contributed by atoms with Crippen LogP contribution in [0, 0.1) is 6.92 Å². The van der Waals surface area contributed by atoms with E-state index in [9.17, 15) is 14.4 Å². The SMILES string of the molecule is CC=CC(=O)N1CCCC1c1nc(-c2ccc(C(=O)Nc3cc(C)ccn3)cc2)c(C(N)=O)n1N. The molecule has 1 saturated heterocycles. The maximum atomic E-state index is 12.6. The van der Waals surface area contributed by atoms with Gasteiger partial charge in [0.1, 0.15) is 11.5 Å². The van der Waals surface area contributed by atoms with Crippen LogP contribution in [0.1, 0.15) is 58.0 Å². The number of nitrogens with two attached hydrogens (primary N) is 2. The van der Waals surface area contributed by atoms with Crippen LogP contribution >= 0.6 is 0 Å². The molecule has 1 aliphatic rings. The van der Waals surface area contributed by atoms with Gasteiger partial charge in [-0.3, -0.25) is 14.4 Å². The van der Waals surface area contributed by atoms with Gasteiger partial charge in [-0.15, -0.1) is 0 Å². The highest BCUT2D eigenvalue weighted by atomic mass is 16.2. The molecule has 0 aliphatic carbocycles. The standard InChI is InChI=1S/C25H27N7O3/c1-3-5-20(33)31-13-4-6-18(31)24-30-21(22(23(26)34)32(24)27)16-7-9-17(10-8-16)25(35)29-19-14-15(2)11-12-28-19/h3,5,7-12,14,18H,4,6,13,27H2,1-2H3,(H2,26,34)(H,28,29,35). The van der Waals surface area contributed by atoms with Crippen molar-refractivity contribution in [2.45, 2.75) is 32.7 Å². The van der Waals surface area contributed by atoms with E-state index in [1.54, 1.807) is 54.4 Å². The van der Waals surface area contributed by atoms with Crippen molar-refractivity contribution in [2.75, 3.05) is 17.7 Å². The molecule has 10 nitrogen and oxygen atoms in total. The van der Waals surface area contributed by atoms with Gasteiger partial charge in [-0.1, -0.05) is 18.2 Å². The van der Waals surface area contributed by atoms with Gasteiger partial charge in [0.15, 0.2) is 11.5 Å². The Kier molecular flexibility index (Phi) is 6.63. The van der Waals surface area contributed by atoms with Crippen LogP contribution in [-0.2, 0) is 4.79 Å². The van der Waals surface area contributed by atoms with Crippen LogP contribution in [0.3, 0.4) is 0 Å². The second kappa shape index (κ2) is 9.80. The summed E-state index contributed by atoms with van der Waals surface area (Å²) >= 11 is 0. The number of nitrogen functional groups attached to an aromatic ring is 1. The Morgan fingerprint density at radius 2 is 1.91 bits per heavy atom. The van der Waals surface area contributed by atoms with E-state index in [1.165, 1.54) is 10.8 Å². The van der Waals surface area contributed by atoms with E-state index in [0.717, 1.165) is 12.0 Å². The van der Waals surface area contributed by atoms with Crippen LogP contribution in [0.25, 0.3) is 11.3 Å². The van der Waals surface area contributed by atoms with E-state index in [0.29, 0.717) is 41.4 Å². The van der Waals surface area contributed by atoms with E-state index in [4.69, 9.17) is 11.6 Å². The first-order valence-electron chi connectivity index (χ1n) is 11.3. The number of hydrogen-bond donors (Lipinski definition) is 3. The molecule has 35 heavy (non-hydrogen) atoms. The molecule has 3 aromatic rings. The third kappa shape index (κ3) is 4.77. The zero-order valence-corrected chi connectivity index (χ0v) is 19.6. The smallest absolute Gasteiger partial charge is 0.269 e. The number of rotatable bonds is 6. The minimum Gasteiger partial charge on any atom is -0.364 e. The molecule has 0 bridgehead atoms. The minimum atomic E-state index is -0.738. The van der Waals surface area contributed by atoms with Gasteiger partial charge in [0, 0.05) is 23.9 Å². The number of nitrogens with zero attached hydrogens (tertiary/aromatic N) is 4. The molecule has 1 aliphatic heterocycles. The molecular formula is C25H27N7O3. The molecule has 3 heterocycles. The molecule has 1 aromatic carbocycles. The van der Waals surface area contributed by atoms with Crippen LogP contribution in [-0.4, -0.2) is 43.8 Å². The van der Waals surface area contributed by atoms with Crippen LogP contribution in [0.2, 0.25) is 0 Å². The number of likely N-dealkylation sites (tertiary alicyclic amines) is 1. The van der Waals surface area contributed by atoms with Crippen LogP contribution < -0.4 is 16.9 Å². The molecule has 1 fully saturated rings. The highest BCUT2D eigenvalue weighted by Gasteiger charge is 2.34. The Morgan fingerprint density at radius 1 is 1.17 bits per heavy atom. The first-order chi connectivity index (χ1) is 16.8. The van der Waals surface area contributed by atoms with E-state index < -0.39 is 5.91 Å². The molecule has 180 valence electrons. The van der Waals surface area contributed by atoms with Crippen molar-refractivity contribution in [3.63, 3.8) is 0 Å². The van der Waals surface area contributed by atoms with Crippen molar-refractivity contribution < 1.29 is 14.4 Å². The van der Waals surface area contributed by atoms with Crippen LogP contribution in [0.4, 0.5) is 5.82 Å². The normalized spacial score (nSPS) is 15.5. The molecule has 0 radical (unpaired) electrons. The molecule has 2 aromatic heterocycles. The Labute approximate surface area is 202 Å². The summed E-state index contributed by atoms with van der Waals surface area (Å²) < 4.78 is 1.17. The van der Waals surface area contributed by atoms with E-state index in [-0.39, 0.29) is 23.6 Å². The summed E-state index contributed by atoms with van der Waals surface area (Å²) in [6, 6.07) is 9.84. The van der Waals surface area contributed by atoms with E-state index in [2.05, 4.69) is 15.3 Å². The first-order valence-corrected chi connectivity index (χ1v) is 11.3. The Morgan fingerprint density at radius 3 is 2.57 bits per heavy atom. The van der Waals surface area contributed by atoms with Gasteiger partial charge in [0.05, 0.1) is 6.04 Å². The van der Waals surface area contributed by atoms with Crippen molar-refractivity contribution in [1.29, 1.82) is 0 Å². The van der Waals surface area contributed by atoms with Crippen LogP contribution in [0.5, 0.6) is 0 Å². The number of benzene rings is 1. The Balaban J connectivity index is 1.64. The van der Waals surface area contributed by atoms with E-state index in [1.807, 2.05) is 13.0 Å². The summed E-state index contributed by atoms with van der Waals surface area (Å²) in [6.45, 7) is 4.26. The number of aromatic nitrogens is 3. The number of aryl methyl sites for hydroxylation is 1. The number of primary amides is 1. The van der Waals surface area contributed by atoms with Gasteiger partial charge >= 0.3 is 0 Å². The number of allylic oxidation sites excluding steroid dienone is 1. The summed E-state index contributed by atoms with van der Waals surface area (Å²) in [4.78, 5) is 47.9. The fourth-order valence-electron chi connectivity index (χ4n) is 4.23. The molecule has 5 N–H and O–H groups in total. The number of carbonyl (C=O) groups excluding carboxylic acids is 3. The molecule has 1 atom stereocenters. The third-order valence-corrected chi connectivity index (χ3v) is 5.89. The van der Waals surface area contributed by atoms with Crippen molar-refractivity contribution in [2.24, 2.45) is 5.73 Å². The third-order valence-electron chi connectivity index (χ3n) is 5.89. The first kappa shape index (κ1) is 23.7. The fraction of sp³-hybridized carbons (Fsp3) is 0.240. The zero-order valence-electron chi connectivity index (χ0n) is 19.6. The second-order valence-corrected chi connectivity index (χ2v) is 8.34. The Hall–Kier alpha value is -4.47. The van der Waals surface area contributed by atoms with E-state index >= 15 is 0 Å². The van der Waals surface area contributed by atoms with Gasteiger partial charge in [-0.2, -0.15) is 0 Å². The molecular weight excluding hydrogens is 446 g/mol. The monoisotopic (exact) mass is 473 g/mol. The predicted octanol–water partition coefficient (Wildman–Crippen LogP) is 2.56. The average Bonchev–Trinajstić information content (AvgIpc) is 3.44. The number of nitrogens with one attached hydrogen (secondary N) is 1. The highest BCUT2D eigenvalue weighted by molar-refractivity contribution is 6.04. The number of carbonyl (C=O) groups is 3. The van der Waals surface area contributed by atoms with Crippen molar-refractivity contribution in [3.8, 4) is 11.3 Å². The average molecular weight is 474 g/mol. The molecule has 3 amide bonds. The van der Waals surface area contributed by atoms with Gasteiger partial charge in [-0.25, -0.2) is 14.6 Å². The second-order valence-electron chi connectivity index (χ2n) is 8.34. The maximum absolute atomic E-state index is 12.6. The lowest BCUT2D eigenvalue weighted by Crippen LogP contribution is -2.33. The minimum absolute atomic E-state index is 0.0338. The zero-order chi connectivity index (χ0) is 25.1. The summed E-state index contributed by atoms with van der Waals surface area (Å²) in [7, 11) is 0. The van der Waals surface area contributed by atoms with Crippen molar-refractivity contribution >= 4 is 23.5 Å². The van der Waals surface area contributed by atoms with Gasteiger partial charge in [0.2, 0.25) is 5.91 Å². The predicted molar refractivity (Wildman–Crippen MR) is 132 cm³/mol. The lowest BCUT2D eigenvalue weighted by Gasteiger charge is -2.22. The van der Waals surface area contributed by atoms with Gasteiger partial charge in [-0.05, 0) is 62.6 Å². The highest BCUT2D eigenvalue weighted by Crippen LogP contribution is 2.34. The largest absolute Gasteiger partial charge is 0.364 e. The van der Waals surface area contributed by atoms with Crippen molar-refractivity contribution in [3.05, 3.63) is 77.4 Å². The maximum Gasteiger partial charge on any atom is 0.269 e. The molecule has 4 rings (SSSR count). The number of imidazole rings is 1. The summed E-state index contributed by atoms with van der Waals surface area (Å²) in [5.74, 6) is 5.90. The number of amides is 3. The quantitative estimate of drug-likeness (QED) is 0.370. The van der Waals surface area contributed by atoms with Crippen LogP contribution in [0.15, 0.2) is 54.7 Å². The summed E-state index contributed by atoms with van der Waals surface area (Å²) in [5, 5.41) is 2.76. The topological polar surface area (TPSA) is 149 Å². The molecule has 0 spiro atoms. The van der Waals surface area contributed by atoms with Crippen molar-refractivity contribution in [1.82, 2.24) is 19.5 Å². The molecule has 0 saturated carbocycles. The van der Waals surface area contributed by atoms with Gasteiger partial charge in [0.25, 0.3) is 11.8 Å². The number of anilines is 1. The lowest BCUT2D eigenvalue weighted by molar-refractivity contribution is -0.127. The number of pyridine rings is 1.